The molecule has 0 aromatic carbocycles. The second-order valence-corrected chi connectivity index (χ2v) is 8.38. The van der Waals surface area contributed by atoms with E-state index in [1.807, 2.05) is 17.4 Å². The molecule has 0 bridgehead atoms. The molecule has 108 valence electrons. The SMILES string of the molecule is CNC(Cc1ccc(Cl)s1)c1cc2c(s1)CCCCC2. The van der Waals surface area contributed by atoms with Crippen LogP contribution in [-0.2, 0) is 19.3 Å². The third-order valence-corrected chi connectivity index (χ3v) is 6.60. The van der Waals surface area contributed by atoms with E-state index in [4.69, 9.17) is 11.6 Å². The average molecular weight is 326 g/mol. The maximum atomic E-state index is 6.03. The zero-order valence-electron chi connectivity index (χ0n) is 11.7. The maximum Gasteiger partial charge on any atom is 0.0931 e. The van der Waals surface area contributed by atoms with Gasteiger partial charge in [-0.05, 0) is 56.5 Å². The van der Waals surface area contributed by atoms with Gasteiger partial charge < -0.3 is 5.32 Å². The van der Waals surface area contributed by atoms with Gasteiger partial charge in [0.2, 0.25) is 0 Å². The van der Waals surface area contributed by atoms with E-state index in [9.17, 15) is 0 Å². The summed E-state index contributed by atoms with van der Waals surface area (Å²) in [5.41, 5.74) is 1.60. The first-order valence-electron chi connectivity index (χ1n) is 7.29. The van der Waals surface area contributed by atoms with Crippen LogP contribution in [0, 0.1) is 0 Å². The van der Waals surface area contributed by atoms with Crippen LogP contribution < -0.4 is 5.32 Å². The second-order valence-electron chi connectivity index (χ2n) is 5.41. The molecule has 0 saturated carbocycles. The van der Waals surface area contributed by atoms with Crippen LogP contribution in [0.3, 0.4) is 0 Å². The van der Waals surface area contributed by atoms with Crippen molar-refractivity contribution < 1.29 is 0 Å². The third-order valence-electron chi connectivity index (χ3n) is 3.99. The van der Waals surface area contributed by atoms with Crippen molar-refractivity contribution in [3.63, 3.8) is 0 Å². The Morgan fingerprint density at radius 2 is 2.05 bits per heavy atom. The molecule has 1 nitrogen and oxygen atoms in total. The molecule has 0 fully saturated rings. The van der Waals surface area contributed by atoms with E-state index in [1.165, 1.54) is 41.9 Å². The minimum absolute atomic E-state index is 0.418. The van der Waals surface area contributed by atoms with Gasteiger partial charge >= 0.3 is 0 Å². The maximum absolute atomic E-state index is 6.03. The Kier molecular flexibility index (Phi) is 4.82. The van der Waals surface area contributed by atoms with Crippen molar-refractivity contribution in [2.45, 2.75) is 44.6 Å². The van der Waals surface area contributed by atoms with Crippen molar-refractivity contribution in [3.8, 4) is 0 Å². The molecule has 1 aliphatic rings. The molecular weight excluding hydrogens is 306 g/mol. The summed E-state index contributed by atoms with van der Waals surface area (Å²) >= 11 is 9.75. The quantitative estimate of drug-likeness (QED) is 0.758. The van der Waals surface area contributed by atoms with Crippen molar-refractivity contribution in [1.82, 2.24) is 5.32 Å². The van der Waals surface area contributed by atoms with Gasteiger partial charge in [0.25, 0.3) is 0 Å². The van der Waals surface area contributed by atoms with Crippen LogP contribution in [0.2, 0.25) is 4.34 Å². The fourth-order valence-electron chi connectivity index (χ4n) is 2.87. The van der Waals surface area contributed by atoms with Crippen molar-refractivity contribution in [2.75, 3.05) is 7.05 Å². The number of thiophene rings is 2. The molecule has 0 radical (unpaired) electrons. The summed E-state index contributed by atoms with van der Waals surface area (Å²) in [4.78, 5) is 4.48. The van der Waals surface area contributed by atoms with Crippen molar-refractivity contribution in [2.24, 2.45) is 0 Å². The van der Waals surface area contributed by atoms with Crippen molar-refractivity contribution in [3.05, 3.63) is 42.7 Å². The summed E-state index contributed by atoms with van der Waals surface area (Å²) in [5.74, 6) is 0. The van der Waals surface area contributed by atoms with E-state index in [-0.39, 0.29) is 0 Å². The number of halogens is 1. The Balaban J connectivity index is 1.79. The van der Waals surface area contributed by atoms with E-state index >= 15 is 0 Å². The number of fused-ring (bicyclic) bond motifs is 1. The van der Waals surface area contributed by atoms with Gasteiger partial charge in [0, 0.05) is 27.1 Å². The van der Waals surface area contributed by atoms with Crippen molar-refractivity contribution >= 4 is 34.3 Å². The molecule has 0 spiro atoms. The monoisotopic (exact) mass is 325 g/mol. The van der Waals surface area contributed by atoms with Gasteiger partial charge in [-0.1, -0.05) is 18.0 Å². The molecule has 4 heteroatoms. The van der Waals surface area contributed by atoms with Crippen molar-refractivity contribution in [1.29, 1.82) is 0 Å². The summed E-state index contributed by atoms with van der Waals surface area (Å²) in [6, 6.07) is 7.01. The summed E-state index contributed by atoms with van der Waals surface area (Å²) < 4.78 is 0.886. The Hall–Kier alpha value is -0.350. The highest BCUT2D eigenvalue weighted by Gasteiger charge is 2.18. The third kappa shape index (κ3) is 3.28. The minimum atomic E-state index is 0.418. The molecule has 20 heavy (non-hydrogen) atoms. The van der Waals surface area contributed by atoms with Crippen LogP contribution in [0.5, 0.6) is 0 Å². The molecule has 1 N–H and O–H groups in total. The number of hydrogen-bond acceptors (Lipinski definition) is 3. The topological polar surface area (TPSA) is 12.0 Å². The van der Waals surface area contributed by atoms with E-state index in [2.05, 4.69) is 24.5 Å². The highest BCUT2D eigenvalue weighted by Crippen LogP contribution is 2.34. The normalized spacial score (nSPS) is 16.7. The number of hydrogen-bond donors (Lipinski definition) is 1. The molecule has 2 aromatic heterocycles. The highest BCUT2D eigenvalue weighted by atomic mass is 35.5. The Labute approximate surface area is 134 Å². The smallest absolute Gasteiger partial charge is 0.0931 e. The number of aryl methyl sites for hydroxylation is 2. The van der Waals surface area contributed by atoms with E-state index in [1.54, 1.807) is 21.8 Å². The van der Waals surface area contributed by atoms with Crippen LogP contribution in [0.4, 0.5) is 0 Å². The first-order chi connectivity index (χ1) is 9.76. The molecule has 0 amide bonds. The predicted molar refractivity (Wildman–Crippen MR) is 90.4 cm³/mol. The molecule has 1 atom stereocenters. The Morgan fingerprint density at radius 1 is 1.20 bits per heavy atom. The molecule has 0 saturated heterocycles. The number of nitrogens with one attached hydrogen (secondary N) is 1. The Bertz CT molecular complexity index is 549. The lowest BCUT2D eigenvalue weighted by Crippen LogP contribution is -2.17. The first kappa shape index (κ1) is 14.6. The molecule has 2 aromatic rings. The fourth-order valence-corrected chi connectivity index (χ4v) is 5.37. The number of rotatable bonds is 4. The van der Waals surface area contributed by atoms with Crippen LogP contribution in [0.1, 0.15) is 45.5 Å². The molecule has 3 rings (SSSR count). The minimum Gasteiger partial charge on any atom is -0.312 e. The summed E-state index contributed by atoms with van der Waals surface area (Å²) in [6.07, 6.45) is 7.69. The molecule has 0 aliphatic heterocycles. The average Bonchev–Trinajstić information content (AvgIpc) is 2.97. The second kappa shape index (κ2) is 6.61. The van der Waals surface area contributed by atoms with Gasteiger partial charge in [-0.3, -0.25) is 0 Å². The molecule has 2 heterocycles. The lowest BCUT2D eigenvalue weighted by molar-refractivity contribution is 0.606. The summed E-state index contributed by atoms with van der Waals surface area (Å²) in [5, 5.41) is 3.47. The van der Waals surface area contributed by atoms with Gasteiger partial charge in [0.1, 0.15) is 0 Å². The van der Waals surface area contributed by atoms with E-state index < -0.39 is 0 Å². The molecular formula is C16H20ClNS2. The zero-order valence-corrected chi connectivity index (χ0v) is 14.1. The lowest BCUT2D eigenvalue weighted by atomic mass is 10.1. The van der Waals surface area contributed by atoms with E-state index in [0.29, 0.717) is 6.04 Å². The van der Waals surface area contributed by atoms with Crippen LogP contribution >= 0.6 is 34.3 Å². The van der Waals surface area contributed by atoms with Crippen LogP contribution in [0.25, 0.3) is 0 Å². The molecule has 1 aliphatic carbocycles. The van der Waals surface area contributed by atoms with Gasteiger partial charge in [-0.25, -0.2) is 0 Å². The van der Waals surface area contributed by atoms with Gasteiger partial charge in [-0.15, -0.1) is 22.7 Å². The van der Waals surface area contributed by atoms with Gasteiger partial charge in [0.05, 0.1) is 4.34 Å². The summed E-state index contributed by atoms with van der Waals surface area (Å²) in [7, 11) is 2.06. The van der Waals surface area contributed by atoms with Gasteiger partial charge in [0.15, 0.2) is 0 Å². The summed E-state index contributed by atoms with van der Waals surface area (Å²) in [6.45, 7) is 0. The van der Waals surface area contributed by atoms with Gasteiger partial charge in [-0.2, -0.15) is 0 Å². The van der Waals surface area contributed by atoms with Crippen LogP contribution in [0.15, 0.2) is 18.2 Å². The predicted octanol–water partition coefficient (Wildman–Crippen LogP) is 5.24. The Morgan fingerprint density at radius 3 is 2.80 bits per heavy atom. The first-order valence-corrected chi connectivity index (χ1v) is 9.30. The zero-order chi connectivity index (χ0) is 13.9. The standard InChI is InChI=1S/C16H20ClNS2/c1-18-13(10-12-7-8-16(17)19-12)15-9-11-5-3-2-4-6-14(11)20-15/h7-9,13,18H,2-6,10H2,1H3. The highest BCUT2D eigenvalue weighted by molar-refractivity contribution is 7.16. The number of likely N-dealkylation sites (N-methyl/N-ethyl adjacent to an activating group) is 1. The largest absolute Gasteiger partial charge is 0.312 e. The van der Waals surface area contributed by atoms with E-state index in [0.717, 1.165) is 10.8 Å². The fraction of sp³-hybridized carbons (Fsp3) is 0.500. The lowest BCUT2D eigenvalue weighted by Gasteiger charge is -2.13. The van der Waals surface area contributed by atoms with Crippen LogP contribution in [-0.4, -0.2) is 7.05 Å². The molecule has 1 unspecified atom stereocenters.